The molecule has 0 saturated carbocycles. The van der Waals surface area contributed by atoms with Gasteiger partial charge in [0.1, 0.15) is 12.4 Å². The summed E-state index contributed by atoms with van der Waals surface area (Å²) in [6.45, 7) is 3.18. The predicted molar refractivity (Wildman–Crippen MR) is 111 cm³/mol. The van der Waals surface area contributed by atoms with Crippen molar-refractivity contribution in [1.29, 1.82) is 0 Å². The number of aromatic nitrogens is 4. The van der Waals surface area contributed by atoms with Crippen LogP contribution >= 0.6 is 12.2 Å². The van der Waals surface area contributed by atoms with E-state index in [0.29, 0.717) is 48.0 Å². The summed E-state index contributed by atoms with van der Waals surface area (Å²) in [6, 6.07) is 8.93. The summed E-state index contributed by atoms with van der Waals surface area (Å²) in [5.41, 5.74) is 1.50. The van der Waals surface area contributed by atoms with Gasteiger partial charge in [-0.1, -0.05) is 0 Å². The Morgan fingerprint density at radius 3 is 2.69 bits per heavy atom. The van der Waals surface area contributed by atoms with Crippen LogP contribution in [0.15, 0.2) is 42.7 Å². The lowest BCUT2D eigenvalue weighted by molar-refractivity contribution is 0.0953. The summed E-state index contributed by atoms with van der Waals surface area (Å²) < 4.78 is 13.9. The van der Waals surface area contributed by atoms with Gasteiger partial charge in [-0.05, 0) is 55.0 Å². The van der Waals surface area contributed by atoms with Crippen molar-refractivity contribution in [2.24, 2.45) is 7.05 Å². The first-order valence-corrected chi connectivity index (χ1v) is 9.66. The molecule has 2 N–H and O–H groups in total. The van der Waals surface area contributed by atoms with Crippen molar-refractivity contribution in [3.63, 3.8) is 0 Å². The highest BCUT2D eigenvalue weighted by Crippen LogP contribution is 2.29. The molecule has 3 rings (SSSR count). The minimum Gasteiger partial charge on any atom is -0.490 e. The second-order valence-corrected chi connectivity index (χ2v) is 6.64. The molecule has 0 aliphatic rings. The van der Waals surface area contributed by atoms with Crippen LogP contribution < -0.4 is 14.8 Å². The van der Waals surface area contributed by atoms with Gasteiger partial charge in [0.15, 0.2) is 16.3 Å². The number of ether oxygens (including phenoxy) is 2. The van der Waals surface area contributed by atoms with E-state index in [4.69, 9.17) is 21.7 Å². The number of pyridine rings is 1. The summed E-state index contributed by atoms with van der Waals surface area (Å²) >= 11 is 5.09. The minimum atomic E-state index is -0.191. The molecule has 0 radical (unpaired) electrons. The molecular formula is C20H23N5O3S. The zero-order chi connectivity index (χ0) is 20.6. The van der Waals surface area contributed by atoms with Gasteiger partial charge in [-0.2, -0.15) is 5.10 Å². The molecule has 1 aromatic carbocycles. The number of carbonyl (C=O) groups is 1. The molecule has 0 unspecified atom stereocenters. The highest BCUT2D eigenvalue weighted by Gasteiger charge is 2.12. The summed E-state index contributed by atoms with van der Waals surface area (Å²) in [5, 5.41) is 9.75. The van der Waals surface area contributed by atoms with E-state index < -0.39 is 0 Å². The maximum atomic E-state index is 12.5. The monoisotopic (exact) mass is 413 g/mol. The molecule has 8 nitrogen and oxygen atoms in total. The number of amides is 1. The van der Waals surface area contributed by atoms with Gasteiger partial charge in [0, 0.05) is 38.0 Å². The Morgan fingerprint density at radius 1 is 1.21 bits per heavy atom. The van der Waals surface area contributed by atoms with Crippen molar-refractivity contribution >= 4 is 18.1 Å². The van der Waals surface area contributed by atoms with Crippen LogP contribution in [0.5, 0.6) is 11.5 Å². The number of carbonyl (C=O) groups excluding carboxylic acids is 1. The maximum absolute atomic E-state index is 12.5. The third kappa shape index (κ3) is 5.41. The fraction of sp³-hybridized carbons (Fsp3) is 0.300. The molecule has 0 atom stereocenters. The average molecular weight is 414 g/mol. The van der Waals surface area contributed by atoms with E-state index in [2.05, 4.69) is 20.5 Å². The lowest BCUT2D eigenvalue weighted by atomic mass is 10.2. The van der Waals surface area contributed by atoms with Crippen LogP contribution in [0.4, 0.5) is 0 Å². The van der Waals surface area contributed by atoms with Crippen LogP contribution in [-0.4, -0.2) is 38.8 Å². The largest absolute Gasteiger partial charge is 0.490 e. The number of aromatic amines is 1. The number of benzene rings is 1. The van der Waals surface area contributed by atoms with Gasteiger partial charge < -0.3 is 19.4 Å². The molecule has 0 aliphatic heterocycles. The Hall–Kier alpha value is -3.20. The molecule has 29 heavy (non-hydrogen) atoms. The van der Waals surface area contributed by atoms with Crippen LogP contribution in [0.25, 0.3) is 0 Å². The Balaban J connectivity index is 1.62. The Kier molecular flexibility index (Phi) is 6.96. The van der Waals surface area contributed by atoms with E-state index in [-0.39, 0.29) is 5.91 Å². The molecule has 2 aromatic heterocycles. The molecule has 1 amide bonds. The van der Waals surface area contributed by atoms with Crippen molar-refractivity contribution in [2.45, 2.75) is 20.0 Å². The van der Waals surface area contributed by atoms with E-state index in [9.17, 15) is 4.79 Å². The topological polar surface area (TPSA) is 94.1 Å². The second kappa shape index (κ2) is 9.83. The summed E-state index contributed by atoms with van der Waals surface area (Å²) in [4.78, 5) is 16.5. The van der Waals surface area contributed by atoms with E-state index in [1.807, 2.05) is 26.1 Å². The van der Waals surface area contributed by atoms with Gasteiger partial charge in [-0.25, -0.2) is 0 Å². The average Bonchev–Trinajstić information content (AvgIpc) is 3.06. The fourth-order valence-corrected chi connectivity index (χ4v) is 2.82. The third-order valence-electron chi connectivity index (χ3n) is 4.26. The minimum absolute atomic E-state index is 0.191. The predicted octanol–water partition coefficient (Wildman–Crippen LogP) is 2.82. The Labute approximate surface area is 173 Å². The highest BCUT2D eigenvalue weighted by molar-refractivity contribution is 7.71. The number of rotatable bonds is 9. The van der Waals surface area contributed by atoms with Crippen LogP contribution in [0.2, 0.25) is 0 Å². The van der Waals surface area contributed by atoms with Crippen molar-refractivity contribution in [3.05, 3.63) is 64.4 Å². The quantitative estimate of drug-likeness (QED) is 0.524. The summed E-state index contributed by atoms with van der Waals surface area (Å²) in [7, 11) is 1.84. The normalized spacial score (nSPS) is 10.6. The van der Waals surface area contributed by atoms with Gasteiger partial charge in [-0.3, -0.25) is 14.9 Å². The smallest absolute Gasteiger partial charge is 0.251 e. The van der Waals surface area contributed by atoms with Gasteiger partial charge in [0.25, 0.3) is 5.91 Å². The molecule has 0 aliphatic carbocycles. The first-order valence-electron chi connectivity index (χ1n) is 9.25. The zero-order valence-electron chi connectivity index (χ0n) is 16.3. The SMILES string of the molecule is CCOc1cc(C(=O)NCCc2n[nH]c(=S)n2C)ccc1OCc1ccncc1. The molecule has 2 heterocycles. The molecule has 9 heteroatoms. The molecular weight excluding hydrogens is 390 g/mol. The van der Waals surface area contributed by atoms with Crippen molar-refractivity contribution in [1.82, 2.24) is 25.1 Å². The van der Waals surface area contributed by atoms with Gasteiger partial charge in [-0.15, -0.1) is 0 Å². The number of hydrogen-bond acceptors (Lipinski definition) is 6. The first-order chi connectivity index (χ1) is 14.1. The van der Waals surface area contributed by atoms with Crippen LogP contribution in [0.3, 0.4) is 0 Å². The van der Waals surface area contributed by atoms with Crippen LogP contribution in [0, 0.1) is 4.77 Å². The number of nitrogens with zero attached hydrogens (tertiary/aromatic N) is 3. The van der Waals surface area contributed by atoms with Crippen molar-refractivity contribution < 1.29 is 14.3 Å². The van der Waals surface area contributed by atoms with E-state index >= 15 is 0 Å². The zero-order valence-corrected chi connectivity index (χ0v) is 17.2. The Morgan fingerprint density at radius 2 is 2.00 bits per heavy atom. The molecule has 0 fully saturated rings. The summed E-state index contributed by atoms with van der Waals surface area (Å²) in [5.74, 6) is 1.71. The standard InChI is InChI=1S/C20H23N5O3S/c1-3-27-17-12-15(4-5-16(17)28-13-14-6-9-21-10-7-14)19(26)22-11-8-18-23-24-20(29)25(18)2/h4-7,9-10,12H,3,8,11,13H2,1-2H3,(H,22,26)(H,24,29). The molecule has 0 bridgehead atoms. The highest BCUT2D eigenvalue weighted by atomic mass is 32.1. The second-order valence-electron chi connectivity index (χ2n) is 6.25. The molecule has 0 spiro atoms. The van der Waals surface area contributed by atoms with E-state index in [0.717, 1.165) is 11.4 Å². The van der Waals surface area contributed by atoms with E-state index in [1.54, 1.807) is 35.2 Å². The number of H-pyrrole nitrogens is 1. The van der Waals surface area contributed by atoms with Crippen LogP contribution in [0.1, 0.15) is 28.7 Å². The van der Waals surface area contributed by atoms with Gasteiger partial charge in [0.2, 0.25) is 0 Å². The first kappa shape index (κ1) is 20.5. The van der Waals surface area contributed by atoms with Gasteiger partial charge >= 0.3 is 0 Å². The third-order valence-corrected chi connectivity index (χ3v) is 4.62. The fourth-order valence-electron chi connectivity index (χ4n) is 2.67. The van der Waals surface area contributed by atoms with Crippen molar-refractivity contribution in [2.75, 3.05) is 13.2 Å². The Bertz CT molecular complexity index is 1020. The van der Waals surface area contributed by atoms with E-state index in [1.165, 1.54) is 0 Å². The number of hydrogen-bond donors (Lipinski definition) is 2. The van der Waals surface area contributed by atoms with Gasteiger partial charge in [0.05, 0.1) is 6.61 Å². The number of nitrogens with one attached hydrogen (secondary N) is 2. The molecule has 3 aromatic rings. The maximum Gasteiger partial charge on any atom is 0.251 e. The lowest BCUT2D eigenvalue weighted by Crippen LogP contribution is -2.26. The molecule has 152 valence electrons. The summed E-state index contributed by atoms with van der Waals surface area (Å²) in [6.07, 6.45) is 4.00. The molecule has 0 saturated heterocycles. The lowest BCUT2D eigenvalue weighted by Gasteiger charge is -2.13. The van der Waals surface area contributed by atoms with Crippen molar-refractivity contribution in [3.8, 4) is 11.5 Å². The van der Waals surface area contributed by atoms with Crippen LogP contribution in [-0.2, 0) is 20.1 Å².